The smallest absolute Gasteiger partial charge is 0.309 e. The Hall–Kier alpha value is -3.14. The van der Waals surface area contributed by atoms with E-state index < -0.39 is 17.3 Å². The minimum Gasteiger partial charge on any atom is -0.481 e. The molecule has 0 atom stereocenters. The van der Waals surface area contributed by atoms with Crippen LogP contribution in [0.1, 0.15) is 70.8 Å². The molecule has 2 N–H and O–H groups in total. The number of rotatable bonds is 8. The molecule has 1 saturated carbocycles. The molecule has 1 aliphatic carbocycles. The Labute approximate surface area is 220 Å². The van der Waals surface area contributed by atoms with Gasteiger partial charge in [0.1, 0.15) is 11.6 Å². The van der Waals surface area contributed by atoms with Gasteiger partial charge in [0.2, 0.25) is 0 Å². The highest BCUT2D eigenvalue weighted by atomic mass is 19.3. The minimum atomic E-state index is -2.92. The number of halogens is 2. The molecule has 0 radical (unpaired) electrons. The lowest BCUT2D eigenvalue weighted by atomic mass is 9.75. The van der Waals surface area contributed by atoms with E-state index in [1.54, 1.807) is 13.1 Å². The molecular formula is C28H35F2N5O3. The molecule has 0 bridgehead atoms. The Morgan fingerprint density at radius 2 is 1.87 bits per heavy atom. The number of piperidine rings is 1. The standard InChI is InChI=1S/C28H35F2N5O3/c1-3-10-28(29,30)19-15-22-25(32-17-19)34-24(33-22)18-4-5-23(31-16-18)35-13-8-21(9-14-35)38-20-6-11-27(2,12-7-20)26(36)37/h4-5,15-17,20-21H,3,6-14H2,1-2H3,(H,36,37)(H,32,33,34). The highest BCUT2D eigenvalue weighted by molar-refractivity contribution is 5.76. The summed E-state index contributed by atoms with van der Waals surface area (Å²) < 4.78 is 35.0. The predicted molar refractivity (Wildman–Crippen MR) is 140 cm³/mol. The van der Waals surface area contributed by atoms with E-state index in [-0.39, 0.29) is 24.2 Å². The van der Waals surface area contributed by atoms with Crippen molar-refractivity contribution >= 4 is 23.0 Å². The van der Waals surface area contributed by atoms with Gasteiger partial charge in [-0.15, -0.1) is 0 Å². The number of anilines is 1. The fourth-order valence-electron chi connectivity index (χ4n) is 5.48. The number of H-pyrrole nitrogens is 1. The van der Waals surface area contributed by atoms with Crippen molar-refractivity contribution in [2.24, 2.45) is 5.41 Å². The first kappa shape index (κ1) is 26.5. The van der Waals surface area contributed by atoms with Gasteiger partial charge in [-0.25, -0.2) is 23.7 Å². The number of hydrogen-bond donors (Lipinski definition) is 2. The highest BCUT2D eigenvalue weighted by Gasteiger charge is 2.38. The van der Waals surface area contributed by atoms with Crippen molar-refractivity contribution in [3.05, 3.63) is 36.2 Å². The summed E-state index contributed by atoms with van der Waals surface area (Å²) in [6.45, 7) is 5.23. The van der Waals surface area contributed by atoms with Crippen LogP contribution in [-0.4, -0.2) is 56.3 Å². The summed E-state index contributed by atoms with van der Waals surface area (Å²) in [4.78, 5) is 30.0. The lowest BCUT2D eigenvalue weighted by Crippen LogP contribution is -2.41. The number of aromatic amines is 1. The second-order valence-corrected chi connectivity index (χ2v) is 10.9. The van der Waals surface area contributed by atoms with Crippen molar-refractivity contribution in [3.63, 3.8) is 0 Å². The van der Waals surface area contributed by atoms with Crippen LogP contribution in [0, 0.1) is 5.41 Å². The molecule has 0 aromatic carbocycles. The summed E-state index contributed by atoms with van der Waals surface area (Å²) in [5.41, 5.74) is 0.909. The third-order valence-corrected chi connectivity index (χ3v) is 8.05. The number of fused-ring (bicyclic) bond motifs is 1. The normalized spacial score (nSPS) is 23.2. The van der Waals surface area contributed by atoms with E-state index >= 15 is 0 Å². The van der Waals surface area contributed by atoms with Gasteiger partial charge in [-0.1, -0.05) is 13.3 Å². The second-order valence-electron chi connectivity index (χ2n) is 10.9. The second kappa shape index (κ2) is 10.6. The van der Waals surface area contributed by atoms with Gasteiger partial charge >= 0.3 is 5.97 Å². The Morgan fingerprint density at radius 3 is 2.50 bits per heavy atom. The Morgan fingerprint density at radius 1 is 1.16 bits per heavy atom. The van der Waals surface area contributed by atoms with E-state index in [1.807, 2.05) is 19.1 Å². The topological polar surface area (TPSA) is 104 Å². The van der Waals surface area contributed by atoms with Gasteiger partial charge in [0.15, 0.2) is 5.65 Å². The van der Waals surface area contributed by atoms with E-state index in [2.05, 4.69) is 24.8 Å². The van der Waals surface area contributed by atoms with Gasteiger partial charge < -0.3 is 19.7 Å². The zero-order valence-corrected chi connectivity index (χ0v) is 21.9. The first-order chi connectivity index (χ1) is 18.2. The van der Waals surface area contributed by atoms with Crippen molar-refractivity contribution in [1.82, 2.24) is 19.9 Å². The summed E-state index contributed by atoms with van der Waals surface area (Å²) >= 11 is 0. The van der Waals surface area contributed by atoms with Crippen molar-refractivity contribution < 1.29 is 23.4 Å². The Balaban J connectivity index is 1.17. The maximum absolute atomic E-state index is 14.3. The zero-order valence-electron chi connectivity index (χ0n) is 21.9. The largest absolute Gasteiger partial charge is 0.481 e. The van der Waals surface area contributed by atoms with Crippen LogP contribution in [-0.2, 0) is 15.5 Å². The number of pyridine rings is 2. The molecule has 38 heavy (non-hydrogen) atoms. The van der Waals surface area contributed by atoms with E-state index in [4.69, 9.17) is 4.74 Å². The van der Waals surface area contributed by atoms with Crippen LogP contribution in [0.3, 0.4) is 0 Å². The Kier molecular flexibility index (Phi) is 7.35. The van der Waals surface area contributed by atoms with Crippen LogP contribution in [0.25, 0.3) is 22.6 Å². The third-order valence-electron chi connectivity index (χ3n) is 8.05. The summed E-state index contributed by atoms with van der Waals surface area (Å²) in [5.74, 6) is -2.21. The van der Waals surface area contributed by atoms with Crippen LogP contribution in [0.2, 0.25) is 0 Å². The minimum absolute atomic E-state index is 0.106. The monoisotopic (exact) mass is 527 g/mol. The maximum Gasteiger partial charge on any atom is 0.309 e. The van der Waals surface area contributed by atoms with Crippen molar-refractivity contribution in [1.29, 1.82) is 0 Å². The lowest BCUT2D eigenvalue weighted by Gasteiger charge is -2.38. The molecule has 1 aliphatic heterocycles. The van der Waals surface area contributed by atoms with Gasteiger partial charge in [0.05, 0.1) is 23.1 Å². The number of aromatic nitrogens is 4. The fraction of sp³-hybridized carbons (Fsp3) is 0.571. The number of imidazole rings is 1. The number of carboxylic acid groups (broad SMARTS) is 1. The molecule has 10 heteroatoms. The number of hydrogen-bond acceptors (Lipinski definition) is 6. The number of alkyl halides is 2. The number of carbonyl (C=O) groups is 1. The fourth-order valence-corrected chi connectivity index (χ4v) is 5.48. The Bertz CT molecular complexity index is 1260. The summed E-state index contributed by atoms with van der Waals surface area (Å²) in [5, 5.41) is 9.43. The van der Waals surface area contributed by atoms with E-state index in [1.165, 1.54) is 12.3 Å². The van der Waals surface area contributed by atoms with Gasteiger partial charge in [0, 0.05) is 43.0 Å². The number of nitrogens with one attached hydrogen (secondary N) is 1. The number of carboxylic acids is 1. The molecule has 0 spiro atoms. The average molecular weight is 528 g/mol. The average Bonchev–Trinajstić information content (AvgIpc) is 3.34. The number of nitrogens with zero attached hydrogens (tertiary/aromatic N) is 4. The van der Waals surface area contributed by atoms with Crippen LogP contribution in [0.15, 0.2) is 30.6 Å². The summed E-state index contributed by atoms with van der Waals surface area (Å²) in [6, 6.07) is 5.31. The molecule has 4 heterocycles. The van der Waals surface area contributed by atoms with E-state index in [9.17, 15) is 18.7 Å². The van der Waals surface area contributed by atoms with Gasteiger partial charge in [-0.05, 0) is 63.6 Å². The van der Waals surface area contributed by atoms with E-state index in [0.717, 1.165) is 50.2 Å². The summed E-state index contributed by atoms with van der Waals surface area (Å²) in [6.07, 6.45) is 8.16. The molecular weight excluding hydrogens is 492 g/mol. The molecule has 8 nitrogen and oxygen atoms in total. The van der Waals surface area contributed by atoms with Crippen LogP contribution < -0.4 is 4.90 Å². The third kappa shape index (κ3) is 5.50. The van der Waals surface area contributed by atoms with Gasteiger partial charge in [-0.3, -0.25) is 4.79 Å². The van der Waals surface area contributed by atoms with Crippen molar-refractivity contribution in [3.8, 4) is 11.4 Å². The van der Waals surface area contributed by atoms with Crippen LogP contribution >= 0.6 is 0 Å². The summed E-state index contributed by atoms with van der Waals surface area (Å²) in [7, 11) is 0. The molecule has 204 valence electrons. The van der Waals surface area contributed by atoms with Gasteiger partial charge in [0.25, 0.3) is 5.92 Å². The van der Waals surface area contributed by atoms with Gasteiger partial charge in [-0.2, -0.15) is 0 Å². The van der Waals surface area contributed by atoms with Crippen LogP contribution in [0.4, 0.5) is 14.6 Å². The first-order valence-corrected chi connectivity index (χ1v) is 13.5. The molecule has 2 aliphatic rings. The van der Waals surface area contributed by atoms with E-state index in [0.29, 0.717) is 36.3 Å². The first-order valence-electron chi connectivity index (χ1n) is 13.5. The SMILES string of the molecule is CCCC(F)(F)c1cnc2nc(-c3ccc(N4CCC(OC5CCC(C)(C(=O)O)CC5)CC4)nc3)[nH]c2c1. The molecule has 5 rings (SSSR count). The lowest BCUT2D eigenvalue weighted by molar-refractivity contribution is -0.152. The predicted octanol–water partition coefficient (Wildman–Crippen LogP) is 5.93. The van der Waals surface area contributed by atoms with Crippen molar-refractivity contribution in [2.75, 3.05) is 18.0 Å². The number of aliphatic carboxylic acids is 1. The molecule has 2 fully saturated rings. The molecule has 1 saturated heterocycles. The molecule has 3 aromatic rings. The van der Waals surface area contributed by atoms with Crippen molar-refractivity contribution in [2.45, 2.75) is 83.3 Å². The van der Waals surface area contributed by atoms with Crippen LogP contribution in [0.5, 0.6) is 0 Å². The molecule has 0 amide bonds. The highest BCUT2D eigenvalue weighted by Crippen LogP contribution is 2.38. The zero-order chi connectivity index (χ0) is 26.9. The number of ether oxygens (including phenoxy) is 1. The quantitative estimate of drug-likeness (QED) is 0.374. The maximum atomic E-state index is 14.3. The molecule has 0 unspecified atom stereocenters. The molecule has 3 aromatic heterocycles.